The summed E-state index contributed by atoms with van der Waals surface area (Å²) in [4.78, 5) is 23.4. The average Bonchev–Trinajstić information content (AvgIpc) is 2.69. The van der Waals surface area contributed by atoms with Crippen molar-refractivity contribution >= 4 is 6.09 Å². The summed E-state index contributed by atoms with van der Waals surface area (Å²) in [7, 11) is 2.17. The van der Waals surface area contributed by atoms with E-state index in [9.17, 15) is 4.79 Å². The molecule has 7 heteroatoms. The molecule has 1 amide bonds. The maximum absolute atomic E-state index is 12.4. The van der Waals surface area contributed by atoms with Gasteiger partial charge in [-0.15, -0.1) is 0 Å². The molecule has 0 radical (unpaired) electrons. The van der Waals surface area contributed by atoms with Gasteiger partial charge in [-0.1, -0.05) is 6.07 Å². The second-order valence-corrected chi connectivity index (χ2v) is 9.20. The van der Waals surface area contributed by atoms with Crippen LogP contribution in [0.3, 0.4) is 0 Å². The highest BCUT2D eigenvalue weighted by molar-refractivity contribution is 5.68. The third kappa shape index (κ3) is 6.14. The van der Waals surface area contributed by atoms with E-state index in [1.165, 1.54) is 0 Å². The maximum Gasteiger partial charge on any atom is 0.410 e. The van der Waals surface area contributed by atoms with E-state index >= 15 is 0 Å². The Morgan fingerprint density at radius 1 is 1.14 bits per heavy atom. The highest BCUT2D eigenvalue weighted by Crippen LogP contribution is 2.36. The molecule has 0 atom stereocenters. The molecular weight excluding hydrogens is 368 g/mol. The predicted octanol–water partition coefficient (Wildman–Crippen LogP) is 2.57. The van der Waals surface area contributed by atoms with Crippen LogP contribution < -0.4 is 0 Å². The quantitative estimate of drug-likeness (QED) is 0.752. The molecule has 2 fully saturated rings. The number of piperidine rings is 1. The number of ether oxygens (including phenoxy) is 2. The van der Waals surface area contributed by atoms with Crippen molar-refractivity contribution in [3.63, 3.8) is 0 Å². The number of pyridine rings is 1. The molecule has 0 bridgehead atoms. The number of likely N-dealkylation sites (tertiary alicyclic amines) is 1. The van der Waals surface area contributed by atoms with E-state index in [0.717, 1.165) is 51.1 Å². The zero-order valence-electron chi connectivity index (χ0n) is 18.4. The Morgan fingerprint density at radius 3 is 2.41 bits per heavy atom. The Labute approximate surface area is 175 Å². The van der Waals surface area contributed by atoms with Crippen molar-refractivity contribution in [2.24, 2.45) is 0 Å². The zero-order chi connectivity index (χ0) is 20.9. The minimum atomic E-state index is -0.478. The third-order valence-electron chi connectivity index (χ3n) is 5.79. The molecule has 0 aliphatic carbocycles. The Kier molecular flexibility index (Phi) is 7.14. The van der Waals surface area contributed by atoms with Gasteiger partial charge >= 0.3 is 6.09 Å². The van der Waals surface area contributed by atoms with E-state index in [0.29, 0.717) is 19.7 Å². The third-order valence-corrected chi connectivity index (χ3v) is 5.79. The molecule has 1 aromatic heterocycles. The lowest BCUT2D eigenvalue weighted by atomic mass is 9.85. The van der Waals surface area contributed by atoms with Crippen molar-refractivity contribution in [2.75, 3.05) is 59.5 Å². The molecule has 0 aromatic carbocycles. The summed E-state index contributed by atoms with van der Waals surface area (Å²) in [6, 6.07) is 4.05. The molecule has 162 valence electrons. The van der Waals surface area contributed by atoms with E-state index in [4.69, 9.17) is 9.47 Å². The van der Waals surface area contributed by atoms with E-state index in [-0.39, 0.29) is 11.7 Å². The minimum Gasteiger partial charge on any atom is -0.444 e. The molecule has 2 saturated heterocycles. The summed E-state index contributed by atoms with van der Waals surface area (Å²) >= 11 is 0. The summed E-state index contributed by atoms with van der Waals surface area (Å²) in [6.45, 7) is 13.0. The van der Waals surface area contributed by atoms with Crippen LogP contribution in [0.4, 0.5) is 4.79 Å². The van der Waals surface area contributed by atoms with Gasteiger partial charge in [0.25, 0.3) is 0 Å². The van der Waals surface area contributed by atoms with Gasteiger partial charge in [-0.05, 0) is 46.7 Å². The first-order chi connectivity index (χ1) is 13.8. The van der Waals surface area contributed by atoms with Gasteiger partial charge in [-0.25, -0.2) is 4.79 Å². The molecule has 29 heavy (non-hydrogen) atoms. The topological polar surface area (TPSA) is 58.1 Å². The van der Waals surface area contributed by atoms with Gasteiger partial charge in [-0.2, -0.15) is 0 Å². The lowest BCUT2D eigenvalue weighted by Gasteiger charge is -2.42. The summed E-state index contributed by atoms with van der Waals surface area (Å²) in [5.74, 6) is 0. The van der Waals surface area contributed by atoms with Crippen LogP contribution in [0.1, 0.15) is 39.2 Å². The highest BCUT2D eigenvalue weighted by Gasteiger charge is 2.39. The van der Waals surface area contributed by atoms with Crippen molar-refractivity contribution in [2.45, 2.75) is 44.8 Å². The van der Waals surface area contributed by atoms with Crippen LogP contribution in [-0.4, -0.2) is 90.8 Å². The van der Waals surface area contributed by atoms with Crippen molar-refractivity contribution in [3.05, 3.63) is 30.1 Å². The Balaban J connectivity index is 1.60. The van der Waals surface area contributed by atoms with Crippen LogP contribution in [0.5, 0.6) is 0 Å². The normalized spacial score (nSPS) is 21.2. The molecule has 3 heterocycles. The first-order valence-electron chi connectivity index (χ1n) is 10.7. The van der Waals surface area contributed by atoms with Crippen LogP contribution >= 0.6 is 0 Å². The summed E-state index contributed by atoms with van der Waals surface area (Å²) in [5.41, 5.74) is 0.232. The van der Waals surface area contributed by atoms with E-state index in [1.54, 1.807) is 11.1 Å². The van der Waals surface area contributed by atoms with Crippen LogP contribution in [0, 0.1) is 0 Å². The number of hydrogen-bond acceptors (Lipinski definition) is 6. The van der Waals surface area contributed by atoms with Crippen molar-refractivity contribution in [1.29, 1.82) is 0 Å². The summed E-state index contributed by atoms with van der Waals surface area (Å²) in [5, 5.41) is 0. The van der Waals surface area contributed by atoms with Gasteiger partial charge in [0.15, 0.2) is 0 Å². The molecule has 2 aliphatic heterocycles. The Morgan fingerprint density at radius 2 is 1.83 bits per heavy atom. The lowest BCUT2D eigenvalue weighted by Crippen LogP contribution is -2.49. The fourth-order valence-corrected chi connectivity index (χ4v) is 3.97. The fraction of sp³-hybridized carbons (Fsp3) is 0.727. The molecule has 2 aliphatic rings. The number of piperazine rings is 1. The molecule has 0 saturated carbocycles. The Hall–Kier alpha value is -1.70. The number of nitrogens with zero attached hydrogens (tertiary/aromatic N) is 4. The van der Waals surface area contributed by atoms with Gasteiger partial charge in [-0.3, -0.25) is 9.88 Å². The SMILES string of the molecule is CN1CCN(CCOC2(c3cccnc3)CCN(C(=O)OC(C)(C)C)CC2)CC1. The number of carbonyl (C=O) groups is 1. The van der Waals surface area contributed by atoms with Crippen molar-refractivity contribution in [1.82, 2.24) is 19.7 Å². The van der Waals surface area contributed by atoms with Gasteiger partial charge in [0.05, 0.1) is 12.2 Å². The molecule has 0 spiro atoms. The molecule has 1 aromatic rings. The molecule has 0 unspecified atom stereocenters. The number of carbonyl (C=O) groups excluding carboxylic acids is 1. The van der Waals surface area contributed by atoms with Crippen LogP contribution in [0.2, 0.25) is 0 Å². The van der Waals surface area contributed by atoms with Gasteiger partial charge in [0.1, 0.15) is 5.60 Å². The number of likely N-dealkylation sites (N-methyl/N-ethyl adjacent to an activating group) is 1. The van der Waals surface area contributed by atoms with Gasteiger partial charge in [0.2, 0.25) is 0 Å². The molecule has 3 rings (SSSR count). The van der Waals surface area contributed by atoms with E-state index < -0.39 is 5.60 Å². The average molecular weight is 405 g/mol. The summed E-state index contributed by atoms with van der Waals surface area (Å²) < 4.78 is 12.1. The van der Waals surface area contributed by atoms with Crippen LogP contribution in [0.15, 0.2) is 24.5 Å². The van der Waals surface area contributed by atoms with Gasteiger partial charge < -0.3 is 19.3 Å². The van der Waals surface area contributed by atoms with Crippen LogP contribution in [-0.2, 0) is 15.1 Å². The second kappa shape index (κ2) is 9.41. The maximum atomic E-state index is 12.4. The molecular formula is C22H36N4O3. The second-order valence-electron chi connectivity index (χ2n) is 9.20. The minimum absolute atomic E-state index is 0.241. The Bertz CT molecular complexity index is 646. The van der Waals surface area contributed by atoms with Crippen molar-refractivity contribution < 1.29 is 14.3 Å². The monoisotopic (exact) mass is 404 g/mol. The van der Waals surface area contributed by atoms with Gasteiger partial charge in [0, 0.05) is 63.8 Å². The smallest absolute Gasteiger partial charge is 0.410 e. The lowest BCUT2D eigenvalue weighted by molar-refractivity contribution is -0.0957. The number of amides is 1. The molecule has 7 nitrogen and oxygen atoms in total. The fourth-order valence-electron chi connectivity index (χ4n) is 3.97. The van der Waals surface area contributed by atoms with Crippen LogP contribution in [0.25, 0.3) is 0 Å². The molecule has 0 N–H and O–H groups in total. The predicted molar refractivity (Wildman–Crippen MR) is 113 cm³/mol. The number of rotatable bonds is 5. The zero-order valence-corrected chi connectivity index (χ0v) is 18.4. The highest BCUT2D eigenvalue weighted by atomic mass is 16.6. The summed E-state index contributed by atoms with van der Waals surface area (Å²) in [6.07, 6.45) is 4.95. The standard InChI is InChI=1S/C22H36N4O3/c1-21(2,3)29-20(27)26-10-7-22(8-11-26,19-6-5-9-23-18-19)28-17-16-25-14-12-24(4)13-15-25/h5-6,9,18H,7-8,10-17H2,1-4H3. The first-order valence-corrected chi connectivity index (χ1v) is 10.7. The number of hydrogen-bond donors (Lipinski definition) is 0. The van der Waals surface area contributed by atoms with Crippen molar-refractivity contribution in [3.8, 4) is 0 Å². The van der Waals surface area contributed by atoms with E-state index in [2.05, 4.69) is 27.9 Å². The first kappa shape index (κ1) is 22.0. The number of aromatic nitrogens is 1. The van der Waals surface area contributed by atoms with E-state index in [1.807, 2.05) is 33.0 Å². The largest absolute Gasteiger partial charge is 0.444 e.